The fourth-order valence-electron chi connectivity index (χ4n) is 3.61. The van der Waals surface area contributed by atoms with Crippen LogP contribution in [0.5, 0.6) is 11.5 Å². The van der Waals surface area contributed by atoms with E-state index in [1.807, 2.05) is 56.3 Å². The van der Waals surface area contributed by atoms with E-state index in [-0.39, 0.29) is 30.2 Å². The third-order valence-corrected chi connectivity index (χ3v) is 7.39. The van der Waals surface area contributed by atoms with Gasteiger partial charge in [-0.05, 0) is 113 Å². The molecule has 0 aliphatic carbocycles. The number of halogens is 1. The van der Waals surface area contributed by atoms with Crippen LogP contribution in [0.1, 0.15) is 22.3 Å². The minimum Gasteiger partial charge on any atom is -0.493 e. The first-order chi connectivity index (χ1) is 17.7. The Hall–Kier alpha value is -3.31. The molecule has 4 rings (SSSR count). The van der Waals surface area contributed by atoms with Crippen LogP contribution >= 0.6 is 34.4 Å². The molecule has 0 atom stereocenters. The number of carbonyl (C=O) groups is 3. The highest BCUT2D eigenvalue weighted by Gasteiger charge is 2.35. The van der Waals surface area contributed by atoms with Crippen molar-refractivity contribution in [2.75, 3.05) is 19.0 Å². The van der Waals surface area contributed by atoms with E-state index in [0.29, 0.717) is 27.7 Å². The number of amides is 3. The van der Waals surface area contributed by atoms with Gasteiger partial charge in [0.05, 0.1) is 18.6 Å². The molecule has 37 heavy (non-hydrogen) atoms. The average Bonchev–Trinajstić information content (AvgIpc) is 3.13. The lowest BCUT2D eigenvalue weighted by atomic mass is 10.1. The number of thioether (sulfide) groups is 1. The molecular formula is C28H25IN2O5S. The summed E-state index contributed by atoms with van der Waals surface area (Å²) in [5, 5.41) is 2.51. The molecule has 1 heterocycles. The van der Waals surface area contributed by atoms with E-state index >= 15 is 0 Å². The van der Waals surface area contributed by atoms with Gasteiger partial charge >= 0.3 is 0 Å². The van der Waals surface area contributed by atoms with E-state index in [9.17, 15) is 14.4 Å². The highest BCUT2D eigenvalue weighted by Crippen LogP contribution is 2.35. The van der Waals surface area contributed by atoms with E-state index in [2.05, 4.69) is 27.9 Å². The summed E-state index contributed by atoms with van der Waals surface area (Å²) in [6.45, 7) is 4.02. The number of hydrogen-bond acceptors (Lipinski definition) is 6. The van der Waals surface area contributed by atoms with Gasteiger partial charge in [-0.2, -0.15) is 0 Å². The fraction of sp³-hybridized carbons (Fsp3) is 0.179. The Morgan fingerprint density at radius 2 is 1.76 bits per heavy atom. The first kappa shape index (κ1) is 26.7. The predicted octanol–water partition coefficient (Wildman–Crippen LogP) is 6.17. The second-order valence-electron chi connectivity index (χ2n) is 8.44. The summed E-state index contributed by atoms with van der Waals surface area (Å²) in [5.74, 6) is 0.166. The normalized spacial score (nSPS) is 14.3. The number of nitrogens with zero attached hydrogens (tertiary/aromatic N) is 1. The Morgan fingerprint density at radius 3 is 2.46 bits per heavy atom. The van der Waals surface area contributed by atoms with Crippen molar-refractivity contribution < 1.29 is 23.9 Å². The molecule has 1 saturated heterocycles. The summed E-state index contributed by atoms with van der Waals surface area (Å²) >= 11 is 3.11. The third kappa shape index (κ3) is 6.72. The second-order valence-corrected chi connectivity index (χ2v) is 10.7. The standard InChI is InChI=1S/C28H25IN2O5S/c1-17-4-10-22(12-18(17)2)30-26(32)16-36-23-11-7-20(13-24(23)35-3)14-25-27(33)31(28(34)37-25)15-19-5-8-21(29)9-6-19/h4-14H,15-16H2,1-3H3,(H,30,32)/b25-14-. The summed E-state index contributed by atoms with van der Waals surface area (Å²) in [5.41, 5.74) is 4.49. The molecule has 1 fully saturated rings. The fourth-order valence-corrected chi connectivity index (χ4v) is 4.81. The van der Waals surface area contributed by atoms with E-state index in [4.69, 9.17) is 9.47 Å². The van der Waals surface area contributed by atoms with Crippen LogP contribution in [0.4, 0.5) is 10.5 Å². The highest BCUT2D eigenvalue weighted by atomic mass is 127. The molecule has 0 spiro atoms. The van der Waals surface area contributed by atoms with E-state index in [1.54, 1.807) is 24.3 Å². The molecule has 1 aliphatic rings. The number of nitrogens with one attached hydrogen (secondary N) is 1. The van der Waals surface area contributed by atoms with Crippen molar-refractivity contribution in [2.45, 2.75) is 20.4 Å². The first-order valence-electron chi connectivity index (χ1n) is 11.4. The van der Waals surface area contributed by atoms with Crippen LogP contribution < -0.4 is 14.8 Å². The number of aryl methyl sites for hydroxylation is 2. The van der Waals surface area contributed by atoms with Crippen LogP contribution in [0.25, 0.3) is 6.08 Å². The quantitative estimate of drug-likeness (QED) is 0.237. The van der Waals surface area contributed by atoms with Crippen LogP contribution in [0, 0.1) is 17.4 Å². The minimum atomic E-state index is -0.337. The molecule has 0 bridgehead atoms. The summed E-state index contributed by atoms with van der Waals surface area (Å²) in [4.78, 5) is 39.3. The number of methoxy groups -OCH3 is 1. The van der Waals surface area contributed by atoms with Gasteiger partial charge in [0.25, 0.3) is 17.1 Å². The van der Waals surface area contributed by atoms with Gasteiger partial charge in [-0.1, -0.05) is 24.3 Å². The Kier molecular flexibility index (Phi) is 8.55. The molecule has 3 amide bonds. The predicted molar refractivity (Wildman–Crippen MR) is 154 cm³/mol. The van der Waals surface area contributed by atoms with Crippen LogP contribution in [-0.4, -0.2) is 35.7 Å². The summed E-state index contributed by atoms with van der Waals surface area (Å²) in [6.07, 6.45) is 1.65. The monoisotopic (exact) mass is 628 g/mol. The van der Waals surface area contributed by atoms with Crippen LogP contribution in [0.3, 0.4) is 0 Å². The smallest absolute Gasteiger partial charge is 0.293 e. The molecule has 0 saturated carbocycles. The van der Waals surface area contributed by atoms with Gasteiger partial charge in [0.15, 0.2) is 18.1 Å². The van der Waals surface area contributed by atoms with Gasteiger partial charge in [-0.25, -0.2) is 0 Å². The van der Waals surface area contributed by atoms with E-state index in [0.717, 1.165) is 32.0 Å². The van der Waals surface area contributed by atoms with Crippen molar-refractivity contribution in [1.82, 2.24) is 4.90 Å². The molecule has 190 valence electrons. The maximum Gasteiger partial charge on any atom is 0.293 e. The molecule has 9 heteroatoms. The van der Waals surface area contributed by atoms with Crippen molar-refractivity contribution in [1.29, 1.82) is 0 Å². The van der Waals surface area contributed by atoms with Crippen molar-refractivity contribution in [3.05, 3.63) is 91.4 Å². The number of benzene rings is 3. The summed E-state index contributed by atoms with van der Waals surface area (Å²) < 4.78 is 12.2. The lowest BCUT2D eigenvalue weighted by Crippen LogP contribution is -2.27. The molecule has 1 N–H and O–H groups in total. The van der Waals surface area contributed by atoms with Crippen LogP contribution in [0.15, 0.2) is 65.6 Å². The lowest BCUT2D eigenvalue weighted by Gasteiger charge is -2.13. The maximum atomic E-state index is 12.9. The molecule has 0 radical (unpaired) electrons. The lowest BCUT2D eigenvalue weighted by molar-refractivity contribution is -0.123. The largest absolute Gasteiger partial charge is 0.493 e. The Balaban J connectivity index is 1.41. The molecule has 0 unspecified atom stereocenters. The number of rotatable bonds is 8. The first-order valence-corrected chi connectivity index (χ1v) is 13.3. The maximum absolute atomic E-state index is 12.9. The zero-order chi connectivity index (χ0) is 26.5. The van der Waals surface area contributed by atoms with Crippen molar-refractivity contribution in [3.63, 3.8) is 0 Å². The van der Waals surface area contributed by atoms with Crippen molar-refractivity contribution >= 4 is 63.2 Å². The van der Waals surface area contributed by atoms with Crippen molar-refractivity contribution in [2.24, 2.45) is 0 Å². The molecule has 3 aromatic rings. The number of hydrogen-bond donors (Lipinski definition) is 1. The molecule has 1 aliphatic heterocycles. The van der Waals surface area contributed by atoms with Gasteiger partial charge in [-0.3, -0.25) is 19.3 Å². The molecule has 0 aromatic heterocycles. The molecule has 3 aromatic carbocycles. The number of carbonyl (C=O) groups excluding carboxylic acids is 3. The van der Waals surface area contributed by atoms with Gasteiger partial charge < -0.3 is 14.8 Å². The topological polar surface area (TPSA) is 84.9 Å². The SMILES string of the molecule is COc1cc(/C=C2\SC(=O)N(Cc3ccc(I)cc3)C2=O)ccc1OCC(=O)Nc1ccc(C)c(C)c1. The van der Waals surface area contributed by atoms with E-state index in [1.165, 1.54) is 12.0 Å². The number of anilines is 1. The number of imide groups is 1. The van der Waals surface area contributed by atoms with Gasteiger partial charge in [0, 0.05) is 9.26 Å². The van der Waals surface area contributed by atoms with Gasteiger partial charge in [-0.15, -0.1) is 0 Å². The average molecular weight is 628 g/mol. The summed E-state index contributed by atoms with van der Waals surface area (Å²) in [6, 6.07) is 18.5. The van der Waals surface area contributed by atoms with Crippen LogP contribution in [-0.2, 0) is 16.1 Å². The number of ether oxygens (including phenoxy) is 2. The second kappa shape index (κ2) is 11.8. The van der Waals surface area contributed by atoms with Crippen LogP contribution in [0.2, 0.25) is 0 Å². The third-order valence-electron chi connectivity index (χ3n) is 5.76. The van der Waals surface area contributed by atoms with E-state index < -0.39 is 0 Å². The Labute approximate surface area is 233 Å². The Morgan fingerprint density at radius 1 is 1.00 bits per heavy atom. The Bertz CT molecular complexity index is 1390. The minimum absolute atomic E-state index is 0.194. The molecular weight excluding hydrogens is 603 g/mol. The zero-order valence-electron chi connectivity index (χ0n) is 20.5. The van der Waals surface area contributed by atoms with Crippen molar-refractivity contribution in [3.8, 4) is 11.5 Å². The van der Waals surface area contributed by atoms with Gasteiger partial charge in [0.1, 0.15) is 0 Å². The highest BCUT2D eigenvalue weighted by molar-refractivity contribution is 14.1. The summed E-state index contributed by atoms with van der Waals surface area (Å²) in [7, 11) is 1.50. The van der Waals surface area contributed by atoms with Gasteiger partial charge in [0.2, 0.25) is 0 Å². The molecule has 7 nitrogen and oxygen atoms in total. The zero-order valence-corrected chi connectivity index (χ0v) is 23.5.